The van der Waals surface area contributed by atoms with E-state index in [4.69, 9.17) is 4.74 Å². The summed E-state index contributed by atoms with van der Waals surface area (Å²) >= 11 is 3.44. The fraction of sp³-hybridized carbons (Fsp3) is 0.364. The molecule has 6 heteroatoms. The van der Waals surface area contributed by atoms with Gasteiger partial charge in [-0.2, -0.15) is 0 Å². The summed E-state index contributed by atoms with van der Waals surface area (Å²) in [6.07, 6.45) is 1.26. The Morgan fingerprint density at radius 3 is 2.46 bits per heavy atom. The minimum absolute atomic E-state index is 0.127. The third kappa shape index (κ3) is 4.93. The molecule has 28 heavy (non-hydrogen) atoms. The molecule has 1 saturated heterocycles. The van der Waals surface area contributed by atoms with Gasteiger partial charge in [0.1, 0.15) is 12.0 Å². The monoisotopic (exact) mass is 444 g/mol. The Morgan fingerprint density at radius 2 is 1.82 bits per heavy atom. The fourth-order valence-electron chi connectivity index (χ4n) is 3.38. The zero-order valence-corrected chi connectivity index (χ0v) is 17.9. The van der Waals surface area contributed by atoms with Crippen LogP contribution in [0.1, 0.15) is 27.9 Å². The van der Waals surface area contributed by atoms with E-state index in [1.165, 1.54) is 0 Å². The van der Waals surface area contributed by atoms with Crippen LogP contribution in [0.5, 0.6) is 5.75 Å². The Kier molecular flexibility index (Phi) is 6.73. The lowest BCUT2D eigenvalue weighted by Crippen LogP contribution is -2.49. The number of amides is 1. The lowest BCUT2D eigenvalue weighted by Gasteiger charge is -2.36. The van der Waals surface area contributed by atoms with E-state index in [0.717, 1.165) is 52.0 Å². The summed E-state index contributed by atoms with van der Waals surface area (Å²) in [5.41, 5.74) is 3.85. The molecule has 1 heterocycles. The van der Waals surface area contributed by atoms with E-state index < -0.39 is 0 Å². The molecule has 1 aliphatic heterocycles. The number of aryl methyl sites for hydroxylation is 2. The highest BCUT2D eigenvalue weighted by Crippen LogP contribution is 2.23. The summed E-state index contributed by atoms with van der Waals surface area (Å²) in [6, 6.07) is 11.7. The van der Waals surface area contributed by atoms with Crippen LogP contribution in [0.25, 0.3) is 0 Å². The van der Waals surface area contributed by atoms with Gasteiger partial charge in [-0.15, -0.1) is 0 Å². The van der Waals surface area contributed by atoms with Gasteiger partial charge in [-0.3, -0.25) is 9.59 Å². The number of nitrogens with zero attached hydrogens (tertiary/aromatic N) is 2. The van der Waals surface area contributed by atoms with Crippen molar-refractivity contribution in [3.05, 3.63) is 57.6 Å². The van der Waals surface area contributed by atoms with Gasteiger partial charge in [0.25, 0.3) is 0 Å². The average Bonchev–Trinajstić information content (AvgIpc) is 2.69. The minimum atomic E-state index is 0.127. The zero-order valence-electron chi connectivity index (χ0n) is 16.3. The summed E-state index contributed by atoms with van der Waals surface area (Å²) in [4.78, 5) is 27.6. The number of carbonyl (C=O) groups excluding carboxylic acids is 2. The fourth-order valence-corrected chi connectivity index (χ4v) is 3.86. The molecule has 1 aliphatic rings. The summed E-state index contributed by atoms with van der Waals surface area (Å²) in [6.45, 7) is 7.30. The molecule has 0 unspecified atom stereocenters. The molecule has 0 aliphatic carbocycles. The van der Waals surface area contributed by atoms with Crippen LogP contribution < -0.4 is 9.64 Å². The van der Waals surface area contributed by atoms with Crippen LogP contribution in [0.15, 0.2) is 40.9 Å². The molecule has 0 aromatic heterocycles. The SMILES string of the molecule is Cc1cc(N2CCN(C(=O)CCOc3ccc(Br)cc3C)CC2)ccc1C=O. The summed E-state index contributed by atoms with van der Waals surface area (Å²) in [7, 11) is 0. The Morgan fingerprint density at radius 1 is 1.07 bits per heavy atom. The van der Waals surface area contributed by atoms with E-state index in [-0.39, 0.29) is 5.91 Å². The molecule has 3 rings (SSSR count). The van der Waals surface area contributed by atoms with Crippen LogP contribution in [0.3, 0.4) is 0 Å². The smallest absolute Gasteiger partial charge is 0.226 e. The van der Waals surface area contributed by atoms with Gasteiger partial charge in [0.15, 0.2) is 0 Å². The normalized spacial score (nSPS) is 14.1. The quantitative estimate of drug-likeness (QED) is 0.631. The minimum Gasteiger partial charge on any atom is -0.493 e. The average molecular weight is 445 g/mol. The van der Waals surface area contributed by atoms with Crippen molar-refractivity contribution in [2.24, 2.45) is 0 Å². The van der Waals surface area contributed by atoms with Gasteiger partial charge in [0.2, 0.25) is 5.91 Å². The van der Waals surface area contributed by atoms with Crippen molar-refractivity contribution in [3.63, 3.8) is 0 Å². The largest absolute Gasteiger partial charge is 0.493 e. The molecule has 5 nitrogen and oxygen atoms in total. The van der Waals surface area contributed by atoms with E-state index in [0.29, 0.717) is 26.1 Å². The molecule has 2 aromatic rings. The molecular weight excluding hydrogens is 420 g/mol. The summed E-state index contributed by atoms with van der Waals surface area (Å²) < 4.78 is 6.79. The number of benzene rings is 2. The van der Waals surface area contributed by atoms with Gasteiger partial charge in [-0.05, 0) is 61.4 Å². The van der Waals surface area contributed by atoms with Crippen molar-refractivity contribution in [1.82, 2.24) is 4.90 Å². The molecular formula is C22H25BrN2O3. The number of aldehydes is 1. The maximum Gasteiger partial charge on any atom is 0.226 e. The second kappa shape index (κ2) is 9.24. The second-order valence-corrected chi connectivity index (χ2v) is 7.95. The van der Waals surface area contributed by atoms with Crippen LogP contribution in [0.4, 0.5) is 5.69 Å². The molecule has 1 fully saturated rings. The lowest BCUT2D eigenvalue weighted by atomic mass is 10.1. The molecule has 0 N–H and O–H groups in total. The number of hydrogen-bond acceptors (Lipinski definition) is 4. The van der Waals surface area contributed by atoms with Crippen molar-refractivity contribution in [1.29, 1.82) is 0 Å². The Balaban J connectivity index is 1.47. The number of rotatable bonds is 6. The Labute approximate surface area is 174 Å². The van der Waals surface area contributed by atoms with E-state index in [1.54, 1.807) is 0 Å². The zero-order chi connectivity index (χ0) is 20.1. The summed E-state index contributed by atoms with van der Waals surface area (Å²) in [5.74, 6) is 0.942. The maximum absolute atomic E-state index is 12.5. The topological polar surface area (TPSA) is 49.9 Å². The number of piperazine rings is 1. The van der Waals surface area contributed by atoms with Crippen molar-refractivity contribution < 1.29 is 14.3 Å². The molecule has 1 amide bonds. The van der Waals surface area contributed by atoms with Crippen LogP contribution in [0.2, 0.25) is 0 Å². The van der Waals surface area contributed by atoms with Crippen LogP contribution >= 0.6 is 15.9 Å². The highest BCUT2D eigenvalue weighted by Gasteiger charge is 2.21. The van der Waals surface area contributed by atoms with Crippen LogP contribution in [-0.2, 0) is 4.79 Å². The van der Waals surface area contributed by atoms with E-state index in [2.05, 4.69) is 20.8 Å². The first-order valence-corrected chi connectivity index (χ1v) is 10.2. The molecule has 2 aromatic carbocycles. The van der Waals surface area contributed by atoms with E-state index >= 15 is 0 Å². The molecule has 0 radical (unpaired) electrons. The number of hydrogen-bond donors (Lipinski definition) is 0. The van der Waals surface area contributed by atoms with Crippen molar-refractivity contribution in [2.45, 2.75) is 20.3 Å². The first kappa shape index (κ1) is 20.4. The number of ether oxygens (including phenoxy) is 1. The van der Waals surface area contributed by atoms with Gasteiger partial charge < -0.3 is 14.5 Å². The van der Waals surface area contributed by atoms with Crippen molar-refractivity contribution in [3.8, 4) is 5.75 Å². The Hall–Kier alpha value is -2.34. The van der Waals surface area contributed by atoms with Gasteiger partial charge >= 0.3 is 0 Å². The molecule has 148 valence electrons. The highest BCUT2D eigenvalue weighted by molar-refractivity contribution is 9.10. The summed E-state index contributed by atoms with van der Waals surface area (Å²) in [5, 5.41) is 0. The first-order valence-electron chi connectivity index (χ1n) is 9.45. The third-order valence-electron chi connectivity index (χ3n) is 5.09. The van der Waals surface area contributed by atoms with Crippen molar-refractivity contribution >= 4 is 33.8 Å². The van der Waals surface area contributed by atoms with Gasteiger partial charge in [-0.25, -0.2) is 0 Å². The van der Waals surface area contributed by atoms with E-state index in [9.17, 15) is 9.59 Å². The second-order valence-electron chi connectivity index (χ2n) is 7.03. The van der Waals surface area contributed by atoms with Gasteiger partial charge in [0.05, 0.1) is 13.0 Å². The lowest BCUT2D eigenvalue weighted by molar-refractivity contribution is -0.132. The molecule has 0 bridgehead atoms. The Bertz CT molecular complexity index is 861. The number of anilines is 1. The number of halogens is 1. The first-order chi connectivity index (χ1) is 13.5. The standard InChI is InChI=1S/C22H25BrN2O3/c1-16-14-20(5-3-18(16)15-26)24-8-10-25(11-9-24)22(27)7-12-28-21-6-4-19(23)13-17(21)2/h3-6,13-15H,7-12H2,1-2H3. The van der Waals surface area contributed by atoms with Gasteiger partial charge in [0, 0.05) is 41.9 Å². The molecule has 0 spiro atoms. The van der Waals surface area contributed by atoms with Crippen LogP contribution in [0, 0.1) is 13.8 Å². The maximum atomic E-state index is 12.5. The highest BCUT2D eigenvalue weighted by atomic mass is 79.9. The molecule has 0 atom stereocenters. The van der Waals surface area contributed by atoms with Crippen LogP contribution in [-0.4, -0.2) is 49.9 Å². The molecule has 0 saturated carbocycles. The third-order valence-corrected chi connectivity index (χ3v) is 5.58. The number of carbonyl (C=O) groups is 2. The van der Waals surface area contributed by atoms with Crippen molar-refractivity contribution in [2.75, 3.05) is 37.7 Å². The van der Waals surface area contributed by atoms with Gasteiger partial charge in [-0.1, -0.05) is 15.9 Å². The predicted molar refractivity (Wildman–Crippen MR) is 114 cm³/mol. The predicted octanol–water partition coefficient (Wildman–Crippen LogP) is 4.00. The van der Waals surface area contributed by atoms with E-state index in [1.807, 2.05) is 55.1 Å².